The largest absolute Gasteiger partial charge is 0.495 e. The predicted molar refractivity (Wildman–Crippen MR) is 153 cm³/mol. The summed E-state index contributed by atoms with van der Waals surface area (Å²) in [5.74, 6) is -5.70. The van der Waals surface area contributed by atoms with Crippen molar-refractivity contribution in [3.05, 3.63) is 82.4 Å². The second-order valence-electron chi connectivity index (χ2n) is 10.0. The molecule has 0 bridgehead atoms. The van der Waals surface area contributed by atoms with Gasteiger partial charge < -0.3 is 30.0 Å². The van der Waals surface area contributed by atoms with E-state index in [2.05, 4.69) is 10.6 Å². The first-order valence-corrected chi connectivity index (χ1v) is 13.0. The monoisotopic (exact) mass is 577 g/mol. The Morgan fingerprint density at radius 2 is 1.40 bits per heavy atom. The Kier molecular flexibility index (Phi) is 8.76. The van der Waals surface area contributed by atoms with Gasteiger partial charge in [0.25, 0.3) is 0 Å². The number of nitro groups is 1. The van der Waals surface area contributed by atoms with Crippen molar-refractivity contribution in [3.63, 3.8) is 0 Å². The van der Waals surface area contributed by atoms with Gasteiger partial charge in [-0.1, -0.05) is 30.3 Å². The molecule has 0 saturated heterocycles. The van der Waals surface area contributed by atoms with Crippen molar-refractivity contribution in [1.29, 1.82) is 0 Å². The van der Waals surface area contributed by atoms with Gasteiger partial charge in [-0.3, -0.25) is 24.5 Å². The smallest absolute Gasteiger partial charge is 0.311 e. The van der Waals surface area contributed by atoms with Crippen molar-refractivity contribution < 1.29 is 38.6 Å². The number of methoxy groups -OCH3 is 3. The normalized spacial score (nSPS) is 21.6. The van der Waals surface area contributed by atoms with Crippen LogP contribution < -0.4 is 24.8 Å². The number of ether oxygens (including phenoxy) is 3. The minimum atomic E-state index is -1.93. The Hall–Kier alpha value is -4.97. The van der Waals surface area contributed by atoms with E-state index in [0.717, 1.165) is 6.07 Å². The number of nitro benzene ring substituents is 1. The fourth-order valence-corrected chi connectivity index (χ4v) is 5.47. The topological polar surface area (TPSA) is 166 Å². The average molecular weight is 578 g/mol. The molecule has 12 nitrogen and oxygen atoms in total. The van der Waals surface area contributed by atoms with Crippen LogP contribution in [0.2, 0.25) is 0 Å². The zero-order valence-electron chi connectivity index (χ0n) is 23.5. The van der Waals surface area contributed by atoms with Gasteiger partial charge >= 0.3 is 5.69 Å². The minimum absolute atomic E-state index is 0.0531. The lowest BCUT2D eigenvalue weighted by atomic mass is 9.61. The fourth-order valence-electron chi connectivity index (χ4n) is 5.47. The Morgan fingerprint density at radius 1 is 0.881 bits per heavy atom. The number of nitrogens with one attached hydrogen (secondary N) is 2. The number of carbonyl (C=O) groups is 3. The van der Waals surface area contributed by atoms with Gasteiger partial charge in [-0.15, -0.1) is 0 Å². The number of anilines is 2. The average Bonchev–Trinajstić information content (AvgIpc) is 2.96. The van der Waals surface area contributed by atoms with Crippen molar-refractivity contribution in [2.75, 3.05) is 32.0 Å². The molecular weight excluding hydrogens is 546 g/mol. The number of nitrogens with zero attached hydrogens (tertiary/aromatic N) is 1. The summed E-state index contributed by atoms with van der Waals surface area (Å²) in [4.78, 5) is 52.6. The third-order valence-corrected chi connectivity index (χ3v) is 7.35. The number of carbonyl (C=O) groups excluding carboxylic acids is 3. The first-order chi connectivity index (χ1) is 20.0. The second-order valence-corrected chi connectivity index (χ2v) is 10.0. The zero-order valence-corrected chi connectivity index (χ0v) is 23.5. The molecule has 4 atom stereocenters. The maximum atomic E-state index is 14.0. The molecule has 1 aliphatic rings. The molecule has 4 unspecified atom stereocenters. The molecule has 0 aromatic heterocycles. The molecule has 0 heterocycles. The van der Waals surface area contributed by atoms with E-state index in [1.54, 1.807) is 48.5 Å². The summed E-state index contributed by atoms with van der Waals surface area (Å²) in [6.45, 7) is 1.33. The van der Waals surface area contributed by atoms with Crippen LogP contribution in [0.4, 0.5) is 17.1 Å². The molecule has 3 N–H and O–H groups in total. The maximum Gasteiger partial charge on any atom is 0.311 e. The lowest BCUT2D eigenvalue weighted by Gasteiger charge is -2.44. The van der Waals surface area contributed by atoms with Gasteiger partial charge in [0.2, 0.25) is 11.8 Å². The van der Waals surface area contributed by atoms with Crippen LogP contribution in [-0.4, -0.2) is 54.6 Å². The highest BCUT2D eigenvalue weighted by atomic mass is 16.6. The molecule has 220 valence electrons. The number of benzene rings is 3. The summed E-state index contributed by atoms with van der Waals surface area (Å²) in [6.07, 6.45) is -0.518. The Bertz CT molecular complexity index is 1520. The Morgan fingerprint density at radius 3 is 1.93 bits per heavy atom. The van der Waals surface area contributed by atoms with Gasteiger partial charge in [-0.2, -0.15) is 0 Å². The van der Waals surface area contributed by atoms with Crippen LogP contribution in [0.25, 0.3) is 0 Å². The first-order valence-electron chi connectivity index (χ1n) is 13.0. The van der Waals surface area contributed by atoms with Gasteiger partial charge in [0.1, 0.15) is 23.2 Å². The molecule has 0 radical (unpaired) electrons. The summed E-state index contributed by atoms with van der Waals surface area (Å²) in [5.41, 5.74) is -1.66. The predicted octanol–water partition coefficient (Wildman–Crippen LogP) is 3.94. The SMILES string of the molecule is COc1ccccc1NC(=O)C1C(=O)CC(C)(O)C(C(=O)Nc2ccccc2OC)C1c1ccc(OC)c([N+](=O)[O-])c1. The van der Waals surface area contributed by atoms with Crippen LogP contribution >= 0.6 is 0 Å². The molecule has 4 rings (SSSR count). The number of amides is 2. The molecule has 0 spiro atoms. The number of ketones is 1. The molecule has 3 aromatic carbocycles. The molecule has 2 amide bonds. The number of rotatable bonds is 9. The molecule has 3 aromatic rings. The van der Waals surface area contributed by atoms with Crippen LogP contribution in [0.3, 0.4) is 0 Å². The van der Waals surface area contributed by atoms with Crippen LogP contribution in [0.5, 0.6) is 17.2 Å². The highest BCUT2D eigenvalue weighted by molar-refractivity contribution is 6.11. The highest BCUT2D eigenvalue weighted by Gasteiger charge is 2.56. The number of aliphatic hydroxyl groups is 1. The second kappa shape index (κ2) is 12.3. The standard InChI is InChI=1S/C30H31N3O9/c1-30(37)16-21(34)26(28(35)31-18-9-5-7-11-22(18)40-2)25(17-13-14-24(42-4)20(15-17)33(38)39)27(30)29(36)32-19-10-6-8-12-23(19)41-3/h5-15,25-27,37H,16H2,1-4H3,(H,31,35)(H,32,36). The lowest BCUT2D eigenvalue weighted by Crippen LogP contribution is -2.56. The quantitative estimate of drug-likeness (QED) is 0.194. The van der Waals surface area contributed by atoms with Crippen molar-refractivity contribution in [3.8, 4) is 17.2 Å². The van der Waals surface area contributed by atoms with E-state index in [0.29, 0.717) is 17.2 Å². The van der Waals surface area contributed by atoms with Crippen LogP contribution in [0, 0.1) is 22.0 Å². The lowest BCUT2D eigenvalue weighted by molar-refractivity contribution is -0.385. The van der Waals surface area contributed by atoms with Crippen molar-refractivity contribution in [1.82, 2.24) is 0 Å². The van der Waals surface area contributed by atoms with Gasteiger partial charge in [0, 0.05) is 18.4 Å². The summed E-state index contributed by atoms with van der Waals surface area (Å²) in [5, 5.41) is 28.9. The van der Waals surface area contributed by atoms with E-state index in [1.807, 2.05) is 0 Å². The number of hydrogen-bond donors (Lipinski definition) is 3. The zero-order chi connectivity index (χ0) is 30.6. The van der Waals surface area contributed by atoms with E-state index in [9.17, 15) is 29.6 Å². The highest BCUT2D eigenvalue weighted by Crippen LogP contribution is 2.48. The van der Waals surface area contributed by atoms with Crippen molar-refractivity contribution in [2.45, 2.75) is 24.9 Å². The molecule has 1 fully saturated rings. The number of para-hydroxylation sites is 4. The molecule has 42 heavy (non-hydrogen) atoms. The third kappa shape index (κ3) is 5.88. The van der Waals surface area contributed by atoms with Gasteiger partial charge in [-0.25, -0.2) is 0 Å². The fraction of sp³-hybridized carbons (Fsp3) is 0.300. The van der Waals surface area contributed by atoms with Crippen molar-refractivity contribution in [2.24, 2.45) is 11.8 Å². The molecular formula is C30H31N3O9. The third-order valence-electron chi connectivity index (χ3n) is 7.35. The minimum Gasteiger partial charge on any atom is -0.495 e. The van der Waals surface area contributed by atoms with E-state index in [-0.39, 0.29) is 17.0 Å². The van der Waals surface area contributed by atoms with Gasteiger partial charge in [0.15, 0.2) is 5.75 Å². The molecule has 1 aliphatic carbocycles. The van der Waals surface area contributed by atoms with E-state index < -0.39 is 58.0 Å². The molecule has 1 saturated carbocycles. The van der Waals surface area contributed by atoms with Crippen LogP contribution in [0.15, 0.2) is 66.7 Å². The van der Waals surface area contributed by atoms with E-state index in [1.165, 1.54) is 40.4 Å². The molecule has 12 heteroatoms. The van der Waals surface area contributed by atoms with Crippen LogP contribution in [-0.2, 0) is 14.4 Å². The summed E-state index contributed by atoms with van der Waals surface area (Å²) in [7, 11) is 4.12. The van der Waals surface area contributed by atoms with E-state index in [4.69, 9.17) is 14.2 Å². The van der Waals surface area contributed by atoms with Gasteiger partial charge in [-0.05, 0) is 42.8 Å². The van der Waals surface area contributed by atoms with E-state index >= 15 is 0 Å². The summed E-state index contributed by atoms with van der Waals surface area (Å²) >= 11 is 0. The maximum absolute atomic E-state index is 14.0. The molecule has 0 aliphatic heterocycles. The van der Waals surface area contributed by atoms with Crippen LogP contribution in [0.1, 0.15) is 24.8 Å². The Labute approximate surface area is 241 Å². The summed E-state index contributed by atoms with van der Waals surface area (Å²) in [6, 6.07) is 17.1. The number of Topliss-reactive ketones (excluding diaryl/α,β-unsaturated/α-hetero) is 1. The first kappa shape index (κ1) is 30.0. The Balaban J connectivity index is 1.86. The summed E-state index contributed by atoms with van der Waals surface area (Å²) < 4.78 is 15.8. The van der Waals surface area contributed by atoms with Gasteiger partial charge in [0.05, 0.1) is 49.1 Å². The van der Waals surface area contributed by atoms with Crippen molar-refractivity contribution >= 4 is 34.7 Å². The number of hydrogen-bond acceptors (Lipinski definition) is 9.